The van der Waals surface area contributed by atoms with Crippen LogP contribution in [0.5, 0.6) is 0 Å². The minimum atomic E-state index is -2.67. The first-order valence-corrected chi connectivity index (χ1v) is 2.95. The van der Waals surface area contributed by atoms with Crippen LogP contribution in [0.2, 0.25) is 0 Å². The molecule has 0 aromatic heterocycles. The summed E-state index contributed by atoms with van der Waals surface area (Å²) in [6, 6.07) is 0. The topological polar surface area (TPSA) is 54.4 Å². The minimum Gasteiger partial charge on any atom is -0.479 e. The molecule has 1 atom stereocenters. The second-order valence-electron chi connectivity index (χ2n) is 2.04. The van der Waals surface area contributed by atoms with Crippen molar-refractivity contribution in [3.8, 4) is 0 Å². The van der Waals surface area contributed by atoms with Gasteiger partial charge >= 0.3 is 5.97 Å². The van der Waals surface area contributed by atoms with Gasteiger partial charge < -0.3 is 5.11 Å². The molecule has 0 saturated carbocycles. The van der Waals surface area contributed by atoms with E-state index in [1.807, 2.05) is 0 Å². The molecular formula is C6H9FO3. The first-order valence-electron chi connectivity index (χ1n) is 2.95. The van der Waals surface area contributed by atoms with E-state index < -0.39 is 11.6 Å². The monoisotopic (exact) mass is 148 g/mol. The maximum absolute atomic E-state index is 12.7. The number of rotatable bonds is 4. The van der Waals surface area contributed by atoms with Crippen molar-refractivity contribution in [3.63, 3.8) is 0 Å². The second kappa shape index (κ2) is 3.29. The van der Waals surface area contributed by atoms with Crippen molar-refractivity contribution in [2.75, 3.05) is 0 Å². The Kier molecular flexibility index (Phi) is 2.99. The summed E-state index contributed by atoms with van der Waals surface area (Å²) in [6.07, 6.45) is -0.0911. The lowest BCUT2D eigenvalue weighted by molar-refractivity contribution is -0.153. The number of carbonyl (C=O) groups is 2. The van der Waals surface area contributed by atoms with Gasteiger partial charge in [0.25, 0.3) is 5.67 Å². The smallest absolute Gasteiger partial charge is 0.349 e. The lowest BCUT2D eigenvalue weighted by atomic mass is 10.0. The van der Waals surface area contributed by atoms with E-state index in [-0.39, 0.29) is 12.7 Å². The van der Waals surface area contributed by atoms with Crippen LogP contribution >= 0.6 is 0 Å². The summed E-state index contributed by atoms with van der Waals surface area (Å²) in [4.78, 5) is 19.9. The van der Waals surface area contributed by atoms with Crippen molar-refractivity contribution in [2.45, 2.75) is 25.4 Å². The van der Waals surface area contributed by atoms with E-state index in [2.05, 4.69) is 0 Å². The molecule has 58 valence electrons. The number of aliphatic carboxylic acids is 1. The van der Waals surface area contributed by atoms with E-state index in [1.54, 1.807) is 6.92 Å². The van der Waals surface area contributed by atoms with Gasteiger partial charge in [0.15, 0.2) is 6.29 Å². The molecule has 0 amide bonds. The van der Waals surface area contributed by atoms with Crippen molar-refractivity contribution >= 4 is 12.3 Å². The fourth-order valence-corrected chi connectivity index (χ4v) is 0.580. The highest BCUT2D eigenvalue weighted by Gasteiger charge is 2.37. The Bertz CT molecular complexity index is 146. The molecule has 0 aromatic rings. The van der Waals surface area contributed by atoms with Gasteiger partial charge in [-0.3, -0.25) is 4.79 Å². The van der Waals surface area contributed by atoms with Gasteiger partial charge in [-0.1, -0.05) is 13.3 Å². The van der Waals surface area contributed by atoms with E-state index >= 15 is 0 Å². The predicted molar refractivity (Wildman–Crippen MR) is 32.4 cm³/mol. The number of carboxylic acid groups (broad SMARTS) is 1. The van der Waals surface area contributed by atoms with E-state index in [4.69, 9.17) is 5.11 Å². The van der Waals surface area contributed by atoms with Crippen LogP contribution < -0.4 is 0 Å². The van der Waals surface area contributed by atoms with E-state index in [1.165, 1.54) is 0 Å². The van der Waals surface area contributed by atoms with Crippen molar-refractivity contribution < 1.29 is 19.1 Å². The normalized spacial score (nSPS) is 15.8. The molecule has 0 aliphatic heterocycles. The summed E-state index contributed by atoms with van der Waals surface area (Å²) in [5.74, 6) is -1.70. The first-order chi connectivity index (χ1) is 4.56. The maximum atomic E-state index is 12.7. The second-order valence-corrected chi connectivity index (χ2v) is 2.04. The number of aldehydes is 1. The number of hydrogen-bond donors (Lipinski definition) is 1. The molecule has 3 nitrogen and oxygen atoms in total. The molecule has 0 aliphatic carbocycles. The molecule has 1 unspecified atom stereocenters. The van der Waals surface area contributed by atoms with Gasteiger partial charge in [0.05, 0.1) is 0 Å². The zero-order valence-corrected chi connectivity index (χ0v) is 5.63. The Morgan fingerprint density at radius 1 is 1.80 bits per heavy atom. The van der Waals surface area contributed by atoms with Gasteiger partial charge in [-0.25, -0.2) is 9.18 Å². The van der Waals surface area contributed by atoms with Gasteiger partial charge in [0, 0.05) is 0 Å². The summed E-state index contributed by atoms with van der Waals surface area (Å²) in [5.41, 5.74) is -2.67. The average Bonchev–Trinajstić information content (AvgIpc) is 1.88. The average molecular weight is 148 g/mol. The number of carbonyl (C=O) groups excluding carboxylic acids is 1. The lowest BCUT2D eigenvalue weighted by Gasteiger charge is -2.10. The molecule has 4 heteroatoms. The quantitative estimate of drug-likeness (QED) is 0.473. The van der Waals surface area contributed by atoms with Crippen molar-refractivity contribution in [3.05, 3.63) is 0 Å². The molecule has 0 bridgehead atoms. The lowest BCUT2D eigenvalue weighted by Crippen LogP contribution is -2.34. The number of alkyl halides is 1. The molecule has 0 spiro atoms. The van der Waals surface area contributed by atoms with Crippen molar-refractivity contribution in [1.29, 1.82) is 0 Å². The fourth-order valence-electron chi connectivity index (χ4n) is 0.580. The molecule has 10 heavy (non-hydrogen) atoms. The van der Waals surface area contributed by atoms with Gasteiger partial charge in [-0.2, -0.15) is 0 Å². The largest absolute Gasteiger partial charge is 0.479 e. The summed E-state index contributed by atoms with van der Waals surface area (Å²) < 4.78 is 12.7. The third kappa shape index (κ3) is 1.79. The standard InChI is InChI=1S/C6H9FO3/c1-2-3-6(7,4-8)5(9)10/h4H,2-3H2,1H3,(H,9,10). The number of carboxylic acids is 1. The van der Waals surface area contributed by atoms with Gasteiger partial charge in [0.1, 0.15) is 0 Å². The Morgan fingerprint density at radius 3 is 2.40 bits per heavy atom. The fraction of sp³-hybridized carbons (Fsp3) is 0.667. The zero-order chi connectivity index (χ0) is 8.20. The van der Waals surface area contributed by atoms with Crippen LogP contribution in [-0.2, 0) is 9.59 Å². The highest BCUT2D eigenvalue weighted by atomic mass is 19.1. The van der Waals surface area contributed by atoms with E-state index in [0.717, 1.165) is 0 Å². The number of hydrogen-bond acceptors (Lipinski definition) is 2. The Labute approximate surface area is 57.8 Å². The van der Waals surface area contributed by atoms with E-state index in [0.29, 0.717) is 6.42 Å². The number of halogens is 1. The van der Waals surface area contributed by atoms with Crippen LogP contribution in [0.25, 0.3) is 0 Å². The summed E-state index contributed by atoms with van der Waals surface area (Å²) in [7, 11) is 0. The van der Waals surface area contributed by atoms with Crippen LogP contribution in [0.4, 0.5) is 4.39 Å². The van der Waals surface area contributed by atoms with Gasteiger partial charge in [0.2, 0.25) is 0 Å². The van der Waals surface area contributed by atoms with Crippen LogP contribution in [0.15, 0.2) is 0 Å². The van der Waals surface area contributed by atoms with Gasteiger partial charge in [-0.05, 0) is 6.42 Å². The minimum absolute atomic E-state index is 0.168. The molecule has 1 N–H and O–H groups in total. The molecular weight excluding hydrogens is 139 g/mol. The summed E-state index contributed by atoms with van der Waals surface area (Å²) >= 11 is 0. The van der Waals surface area contributed by atoms with Gasteiger partial charge in [-0.15, -0.1) is 0 Å². The van der Waals surface area contributed by atoms with Crippen molar-refractivity contribution in [1.82, 2.24) is 0 Å². The zero-order valence-electron chi connectivity index (χ0n) is 5.63. The molecule has 0 heterocycles. The maximum Gasteiger partial charge on any atom is 0.349 e. The molecule has 0 rings (SSSR count). The SMILES string of the molecule is CCCC(F)(C=O)C(=O)O. The van der Waals surface area contributed by atoms with Crippen LogP contribution in [-0.4, -0.2) is 23.0 Å². The van der Waals surface area contributed by atoms with Crippen LogP contribution in [0, 0.1) is 0 Å². The first kappa shape index (κ1) is 9.07. The Morgan fingerprint density at radius 2 is 2.30 bits per heavy atom. The summed E-state index contributed by atoms with van der Waals surface area (Å²) in [5, 5.41) is 8.16. The third-order valence-corrected chi connectivity index (χ3v) is 1.16. The molecule has 0 aromatic carbocycles. The highest BCUT2D eigenvalue weighted by Crippen LogP contribution is 2.15. The molecule has 0 radical (unpaired) electrons. The van der Waals surface area contributed by atoms with E-state index in [9.17, 15) is 14.0 Å². The van der Waals surface area contributed by atoms with Crippen LogP contribution in [0.1, 0.15) is 19.8 Å². The Hall–Kier alpha value is -0.930. The Balaban J connectivity index is 4.22. The third-order valence-electron chi connectivity index (χ3n) is 1.16. The molecule has 0 saturated heterocycles. The molecule has 0 aliphatic rings. The summed E-state index contributed by atoms with van der Waals surface area (Å²) in [6.45, 7) is 1.61. The molecule has 0 fully saturated rings. The van der Waals surface area contributed by atoms with Crippen LogP contribution in [0.3, 0.4) is 0 Å². The van der Waals surface area contributed by atoms with Crippen molar-refractivity contribution in [2.24, 2.45) is 0 Å². The predicted octanol–water partition coefficient (Wildman–Crippen LogP) is 0.778. The highest BCUT2D eigenvalue weighted by molar-refractivity contribution is 5.95.